The summed E-state index contributed by atoms with van der Waals surface area (Å²) in [7, 11) is 1.74. The Morgan fingerprint density at radius 2 is 1.89 bits per heavy atom. The van der Waals surface area contributed by atoms with E-state index in [1.807, 2.05) is 35.0 Å². The summed E-state index contributed by atoms with van der Waals surface area (Å²) < 4.78 is 7.59. The molecule has 0 aliphatic carbocycles. The summed E-state index contributed by atoms with van der Waals surface area (Å²) >= 11 is 0. The number of piperazine rings is 1. The van der Waals surface area contributed by atoms with Crippen molar-refractivity contribution in [3.05, 3.63) is 77.6 Å². The molecule has 5 nitrogen and oxygen atoms in total. The molecule has 27 heavy (non-hydrogen) atoms. The van der Waals surface area contributed by atoms with Gasteiger partial charge in [0.15, 0.2) is 0 Å². The lowest BCUT2D eigenvalue weighted by Crippen LogP contribution is -2.45. The Balaban J connectivity index is 1.60. The van der Waals surface area contributed by atoms with Gasteiger partial charge in [0.2, 0.25) is 0 Å². The van der Waals surface area contributed by atoms with Crippen LogP contribution < -0.4 is 10.1 Å². The summed E-state index contributed by atoms with van der Waals surface area (Å²) in [6, 6.07) is 18.9. The molecule has 1 N–H and O–H groups in total. The summed E-state index contributed by atoms with van der Waals surface area (Å²) in [4.78, 5) is 2.52. The van der Waals surface area contributed by atoms with Crippen LogP contribution in [-0.2, 0) is 6.54 Å². The molecule has 2 aromatic carbocycles. The zero-order valence-electron chi connectivity index (χ0n) is 15.9. The number of aryl methyl sites for hydroxylation is 1. The fraction of sp³-hybridized carbons (Fsp3) is 0.318. The number of aromatic nitrogens is 2. The molecule has 5 heteroatoms. The quantitative estimate of drug-likeness (QED) is 0.756. The van der Waals surface area contributed by atoms with E-state index in [0.29, 0.717) is 0 Å². The van der Waals surface area contributed by atoms with Crippen LogP contribution in [0.5, 0.6) is 5.75 Å². The lowest BCUT2D eigenvalue weighted by atomic mass is 10.0. The Hall–Kier alpha value is -2.63. The largest absolute Gasteiger partial charge is 0.496 e. The normalized spacial score (nSPS) is 17.8. The molecular weight excluding hydrogens is 336 g/mol. The molecule has 0 spiro atoms. The molecule has 0 amide bonds. The topological polar surface area (TPSA) is 42.3 Å². The van der Waals surface area contributed by atoms with Crippen LogP contribution in [0.3, 0.4) is 0 Å². The molecule has 1 saturated heterocycles. The van der Waals surface area contributed by atoms with Crippen molar-refractivity contribution in [1.29, 1.82) is 0 Å². The van der Waals surface area contributed by atoms with Gasteiger partial charge >= 0.3 is 0 Å². The number of methoxy groups -OCH3 is 1. The number of para-hydroxylation sites is 2. The molecule has 4 rings (SSSR count). The number of nitrogens with zero attached hydrogens (tertiary/aromatic N) is 3. The van der Waals surface area contributed by atoms with Gasteiger partial charge in [-0.3, -0.25) is 4.90 Å². The van der Waals surface area contributed by atoms with Crippen LogP contribution in [0.25, 0.3) is 5.69 Å². The Labute approximate surface area is 160 Å². The first-order chi connectivity index (χ1) is 13.3. The molecule has 3 aromatic rings. The Kier molecular flexibility index (Phi) is 5.23. The van der Waals surface area contributed by atoms with Crippen LogP contribution in [-0.4, -0.2) is 41.4 Å². The van der Waals surface area contributed by atoms with Gasteiger partial charge in [0.1, 0.15) is 5.75 Å². The SMILES string of the molecule is COc1ccccc1C1CNCCN1Cc1cn(-c2ccccc2)nc1C. The molecule has 1 aliphatic heterocycles. The molecule has 2 heterocycles. The van der Waals surface area contributed by atoms with E-state index in [0.717, 1.165) is 43.3 Å². The van der Waals surface area contributed by atoms with Crippen molar-refractivity contribution in [2.75, 3.05) is 26.7 Å². The first-order valence-corrected chi connectivity index (χ1v) is 9.44. The van der Waals surface area contributed by atoms with Crippen LogP contribution in [0.1, 0.15) is 22.9 Å². The molecule has 0 radical (unpaired) electrons. The van der Waals surface area contributed by atoms with Crippen molar-refractivity contribution in [2.45, 2.75) is 19.5 Å². The van der Waals surface area contributed by atoms with E-state index < -0.39 is 0 Å². The minimum atomic E-state index is 0.286. The minimum Gasteiger partial charge on any atom is -0.496 e. The van der Waals surface area contributed by atoms with E-state index in [1.54, 1.807) is 7.11 Å². The summed E-state index contributed by atoms with van der Waals surface area (Å²) in [6.07, 6.45) is 2.16. The van der Waals surface area contributed by atoms with Crippen LogP contribution in [0, 0.1) is 6.92 Å². The first-order valence-electron chi connectivity index (χ1n) is 9.44. The molecule has 1 atom stereocenters. The monoisotopic (exact) mass is 362 g/mol. The van der Waals surface area contributed by atoms with E-state index in [2.05, 4.69) is 47.6 Å². The summed E-state index contributed by atoms with van der Waals surface area (Å²) in [5.41, 5.74) is 4.67. The average Bonchev–Trinajstić information content (AvgIpc) is 3.09. The Bertz CT molecular complexity index is 890. The summed E-state index contributed by atoms with van der Waals surface area (Å²) in [6.45, 7) is 5.89. The number of nitrogens with one attached hydrogen (secondary N) is 1. The van der Waals surface area contributed by atoms with Gasteiger partial charge < -0.3 is 10.1 Å². The zero-order valence-corrected chi connectivity index (χ0v) is 15.9. The molecule has 1 unspecified atom stereocenters. The molecule has 0 saturated carbocycles. The van der Waals surface area contributed by atoms with Crippen LogP contribution >= 0.6 is 0 Å². The molecular formula is C22H26N4O. The van der Waals surface area contributed by atoms with E-state index in [9.17, 15) is 0 Å². The predicted octanol–water partition coefficient (Wildman–Crippen LogP) is 3.34. The third kappa shape index (κ3) is 3.75. The molecule has 1 fully saturated rings. The first kappa shape index (κ1) is 17.8. The van der Waals surface area contributed by atoms with Gasteiger partial charge in [-0.2, -0.15) is 5.10 Å². The highest BCUT2D eigenvalue weighted by atomic mass is 16.5. The second-order valence-corrected chi connectivity index (χ2v) is 6.95. The van der Waals surface area contributed by atoms with Crippen molar-refractivity contribution < 1.29 is 4.74 Å². The lowest BCUT2D eigenvalue weighted by Gasteiger charge is -2.37. The van der Waals surface area contributed by atoms with Gasteiger partial charge in [-0.1, -0.05) is 36.4 Å². The third-order valence-electron chi connectivity index (χ3n) is 5.25. The Morgan fingerprint density at radius 3 is 2.70 bits per heavy atom. The number of benzene rings is 2. The Morgan fingerprint density at radius 1 is 1.11 bits per heavy atom. The van der Waals surface area contributed by atoms with Gasteiger partial charge in [0.05, 0.1) is 24.5 Å². The van der Waals surface area contributed by atoms with Crippen molar-refractivity contribution in [3.63, 3.8) is 0 Å². The lowest BCUT2D eigenvalue weighted by molar-refractivity contribution is 0.151. The van der Waals surface area contributed by atoms with E-state index in [4.69, 9.17) is 9.84 Å². The minimum absolute atomic E-state index is 0.286. The van der Waals surface area contributed by atoms with Crippen molar-refractivity contribution in [1.82, 2.24) is 20.0 Å². The third-order valence-corrected chi connectivity index (χ3v) is 5.25. The van der Waals surface area contributed by atoms with Gasteiger partial charge in [-0.15, -0.1) is 0 Å². The second kappa shape index (κ2) is 7.94. The summed E-state index contributed by atoms with van der Waals surface area (Å²) in [5, 5.41) is 8.26. The predicted molar refractivity (Wildman–Crippen MR) is 107 cm³/mol. The zero-order chi connectivity index (χ0) is 18.6. The number of hydrogen-bond acceptors (Lipinski definition) is 4. The fourth-order valence-corrected chi connectivity index (χ4v) is 3.77. The standard InChI is InChI=1S/C22H26N4O/c1-17-18(16-26(24-17)19-8-4-3-5-9-19)15-25-13-12-23-14-21(25)20-10-6-7-11-22(20)27-2/h3-11,16,21,23H,12-15H2,1-2H3. The van der Waals surface area contributed by atoms with E-state index >= 15 is 0 Å². The maximum absolute atomic E-state index is 5.61. The van der Waals surface area contributed by atoms with Gasteiger partial charge in [-0.05, 0) is 25.1 Å². The van der Waals surface area contributed by atoms with Crippen molar-refractivity contribution >= 4 is 0 Å². The second-order valence-electron chi connectivity index (χ2n) is 6.95. The highest BCUT2D eigenvalue weighted by molar-refractivity contribution is 5.37. The van der Waals surface area contributed by atoms with Gasteiger partial charge in [0.25, 0.3) is 0 Å². The smallest absolute Gasteiger partial charge is 0.123 e. The number of rotatable bonds is 5. The molecule has 1 aliphatic rings. The number of hydrogen-bond donors (Lipinski definition) is 1. The number of ether oxygens (including phenoxy) is 1. The molecule has 1 aromatic heterocycles. The van der Waals surface area contributed by atoms with E-state index in [1.165, 1.54) is 11.1 Å². The maximum Gasteiger partial charge on any atom is 0.123 e. The summed E-state index contributed by atoms with van der Waals surface area (Å²) in [5.74, 6) is 0.952. The van der Waals surface area contributed by atoms with Crippen LogP contribution in [0.4, 0.5) is 0 Å². The van der Waals surface area contributed by atoms with Crippen LogP contribution in [0.15, 0.2) is 60.8 Å². The molecule has 0 bridgehead atoms. The fourth-order valence-electron chi connectivity index (χ4n) is 3.77. The van der Waals surface area contributed by atoms with Crippen LogP contribution in [0.2, 0.25) is 0 Å². The highest BCUT2D eigenvalue weighted by Gasteiger charge is 2.27. The molecule has 140 valence electrons. The van der Waals surface area contributed by atoms with Crippen molar-refractivity contribution in [2.24, 2.45) is 0 Å². The van der Waals surface area contributed by atoms with E-state index in [-0.39, 0.29) is 6.04 Å². The average molecular weight is 362 g/mol. The van der Waals surface area contributed by atoms with Gasteiger partial charge in [0, 0.05) is 43.5 Å². The van der Waals surface area contributed by atoms with Gasteiger partial charge in [-0.25, -0.2) is 4.68 Å². The van der Waals surface area contributed by atoms with Crippen molar-refractivity contribution in [3.8, 4) is 11.4 Å². The maximum atomic E-state index is 5.61. The highest BCUT2D eigenvalue weighted by Crippen LogP contribution is 2.31.